The van der Waals surface area contributed by atoms with E-state index in [2.05, 4.69) is 47.2 Å². The quantitative estimate of drug-likeness (QED) is 0.511. The lowest BCUT2D eigenvalue weighted by Gasteiger charge is -2.05. The van der Waals surface area contributed by atoms with Crippen LogP contribution in [0, 0.1) is 12.3 Å². The summed E-state index contributed by atoms with van der Waals surface area (Å²) in [5, 5.41) is 0. The van der Waals surface area contributed by atoms with Crippen LogP contribution in [0.1, 0.15) is 61.0 Å². The normalized spacial score (nSPS) is 8.59. The fraction of sp³-hybridized carbons (Fsp3) is 0.625. The van der Waals surface area contributed by atoms with Crippen LogP contribution in [0.4, 0.5) is 0 Å². The Kier molecular flexibility index (Phi) is 17.5. The van der Waals surface area contributed by atoms with E-state index in [1.54, 1.807) is 0 Å². The number of rotatable bonds is 0. The summed E-state index contributed by atoms with van der Waals surface area (Å²) in [5.41, 5.74) is 1.78. The van der Waals surface area contributed by atoms with E-state index in [-0.39, 0.29) is 0 Å². The second-order valence-corrected chi connectivity index (χ2v) is 5.35. The molecular formula is C16H32S. The topological polar surface area (TPSA) is 0 Å². The van der Waals surface area contributed by atoms with Gasteiger partial charge in [0.2, 0.25) is 0 Å². The summed E-state index contributed by atoms with van der Waals surface area (Å²) >= 11 is 4.13. The summed E-state index contributed by atoms with van der Waals surface area (Å²) in [4.78, 5) is 1.02. The first-order valence-electron chi connectivity index (χ1n) is 6.54. The molecule has 1 aromatic carbocycles. The molecule has 0 aromatic heterocycles. The monoisotopic (exact) mass is 256 g/mol. The summed E-state index contributed by atoms with van der Waals surface area (Å²) < 4.78 is 0. The molecule has 0 saturated carbocycles. The molecule has 0 fully saturated rings. The van der Waals surface area contributed by atoms with Gasteiger partial charge >= 0.3 is 0 Å². The molecule has 0 aliphatic carbocycles. The Morgan fingerprint density at radius 2 is 1.00 bits per heavy atom. The second-order valence-electron chi connectivity index (χ2n) is 4.84. The average Bonchev–Trinajstić information content (AvgIpc) is 2.26. The molecule has 17 heavy (non-hydrogen) atoms. The summed E-state index contributed by atoms with van der Waals surface area (Å²) in [6, 6.07) is 8.06. The van der Waals surface area contributed by atoms with E-state index >= 15 is 0 Å². The summed E-state index contributed by atoms with van der Waals surface area (Å²) in [7, 11) is 0. The van der Waals surface area contributed by atoms with E-state index in [0.717, 1.165) is 4.90 Å². The number of benzene rings is 1. The van der Waals surface area contributed by atoms with Gasteiger partial charge < -0.3 is 0 Å². The molecule has 0 heterocycles. The zero-order valence-electron chi connectivity index (χ0n) is 13.3. The number of aryl methyl sites for hydroxylation is 1. The van der Waals surface area contributed by atoms with Gasteiger partial charge in [0.1, 0.15) is 0 Å². The van der Waals surface area contributed by atoms with Crippen molar-refractivity contribution in [1.82, 2.24) is 0 Å². The van der Waals surface area contributed by atoms with Gasteiger partial charge in [-0.25, -0.2) is 0 Å². The fourth-order valence-corrected chi connectivity index (χ4v) is 0.694. The minimum absolute atomic E-state index is 0.500. The van der Waals surface area contributed by atoms with E-state index in [1.165, 1.54) is 5.56 Å². The SMILES string of the molecule is CC.CC.CC(C)(C)C.Cc1ccc(S)cc1. The van der Waals surface area contributed by atoms with Crippen molar-refractivity contribution < 1.29 is 0 Å². The molecule has 1 rings (SSSR count). The van der Waals surface area contributed by atoms with E-state index < -0.39 is 0 Å². The van der Waals surface area contributed by atoms with Gasteiger partial charge in [-0.3, -0.25) is 0 Å². The molecule has 0 N–H and O–H groups in total. The molecule has 0 spiro atoms. The molecule has 1 heteroatoms. The van der Waals surface area contributed by atoms with Crippen molar-refractivity contribution in [2.24, 2.45) is 5.41 Å². The van der Waals surface area contributed by atoms with Crippen LogP contribution in [0.2, 0.25) is 0 Å². The second kappa shape index (κ2) is 13.6. The van der Waals surface area contributed by atoms with Gasteiger partial charge in [-0.05, 0) is 24.5 Å². The smallest absolute Gasteiger partial charge is 0.00401 e. The zero-order valence-corrected chi connectivity index (χ0v) is 14.2. The van der Waals surface area contributed by atoms with Crippen molar-refractivity contribution >= 4 is 12.6 Å². The van der Waals surface area contributed by atoms with Crippen LogP contribution in [0.3, 0.4) is 0 Å². The van der Waals surface area contributed by atoms with Crippen LogP contribution in [0.25, 0.3) is 0 Å². The van der Waals surface area contributed by atoms with Gasteiger partial charge in [0.25, 0.3) is 0 Å². The Morgan fingerprint density at radius 3 is 1.18 bits per heavy atom. The maximum atomic E-state index is 4.13. The van der Waals surface area contributed by atoms with Crippen LogP contribution >= 0.6 is 12.6 Å². The fourth-order valence-electron chi connectivity index (χ4n) is 0.545. The lowest BCUT2D eigenvalue weighted by atomic mass is 10.0. The van der Waals surface area contributed by atoms with Crippen molar-refractivity contribution in [1.29, 1.82) is 0 Å². The van der Waals surface area contributed by atoms with Crippen molar-refractivity contribution in [3.05, 3.63) is 29.8 Å². The molecule has 0 aliphatic heterocycles. The van der Waals surface area contributed by atoms with E-state index in [9.17, 15) is 0 Å². The predicted molar refractivity (Wildman–Crippen MR) is 86.3 cm³/mol. The van der Waals surface area contributed by atoms with Gasteiger partial charge in [-0.1, -0.05) is 73.1 Å². The van der Waals surface area contributed by atoms with Gasteiger partial charge in [-0.2, -0.15) is 0 Å². The lowest BCUT2D eigenvalue weighted by molar-refractivity contribution is 0.469. The first-order chi connectivity index (χ1) is 7.79. The molecule has 0 saturated heterocycles. The molecule has 0 atom stereocenters. The van der Waals surface area contributed by atoms with E-state index in [1.807, 2.05) is 52.0 Å². The van der Waals surface area contributed by atoms with Gasteiger partial charge in [0.15, 0.2) is 0 Å². The number of hydrogen-bond acceptors (Lipinski definition) is 1. The minimum atomic E-state index is 0.500. The van der Waals surface area contributed by atoms with E-state index in [4.69, 9.17) is 0 Å². The van der Waals surface area contributed by atoms with Gasteiger partial charge in [-0.15, -0.1) is 12.6 Å². The third-order valence-electron chi connectivity index (χ3n) is 1.03. The Morgan fingerprint density at radius 1 is 0.765 bits per heavy atom. The molecule has 0 nitrogen and oxygen atoms in total. The maximum Gasteiger partial charge on any atom is 0.00401 e. The van der Waals surface area contributed by atoms with Crippen LogP contribution in [-0.4, -0.2) is 0 Å². The highest BCUT2D eigenvalue weighted by Gasteiger charge is 1.95. The summed E-state index contributed by atoms with van der Waals surface area (Å²) in [6.45, 7) is 18.8. The van der Waals surface area contributed by atoms with Crippen LogP contribution in [0.15, 0.2) is 29.2 Å². The van der Waals surface area contributed by atoms with Crippen molar-refractivity contribution in [3.8, 4) is 0 Å². The molecule has 0 radical (unpaired) electrons. The Hall–Kier alpha value is -0.430. The molecule has 0 bridgehead atoms. The zero-order chi connectivity index (χ0) is 14.5. The van der Waals surface area contributed by atoms with Crippen molar-refractivity contribution in [2.45, 2.75) is 67.2 Å². The lowest BCUT2D eigenvalue weighted by Crippen LogP contribution is -1.93. The third kappa shape index (κ3) is 31.3. The first kappa shape index (κ1) is 21.8. The summed E-state index contributed by atoms with van der Waals surface area (Å²) in [5.74, 6) is 0. The third-order valence-corrected chi connectivity index (χ3v) is 1.33. The average molecular weight is 256 g/mol. The van der Waals surface area contributed by atoms with Crippen LogP contribution < -0.4 is 0 Å². The van der Waals surface area contributed by atoms with Crippen molar-refractivity contribution in [2.75, 3.05) is 0 Å². The molecule has 1 aromatic rings. The molecule has 0 amide bonds. The number of hydrogen-bond donors (Lipinski definition) is 1. The summed E-state index contributed by atoms with van der Waals surface area (Å²) in [6.07, 6.45) is 0. The molecular weight excluding hydrogens is 224 g/mol. The Balaban J connectivity index is -0.000000190. The maximum absolute atomic E-state index is 4.13. The van der Waals surface area contributed by atoms with Gasteiger partial charge in [0.05, 0.1) is 0 Å². The van der Waals surface area contributed by atoms with Gasteiger partial charge in [0, 0.05) is 4.90 Å². The molecule has 0 aliphatic rings. The Bertz CT molecular complexity index is 202. The standard InChI is InChI=1S/C7H8S.C5H12.2C2H6/c1-6-2-4-7(8)5-3-6;1-5(2,3)4;2*1-2/h2-5,8H,1H3;1-4H3;2*1-2H3. The molecule has 102 valence electrons. The van der Waals surface area contributed by atoms with E-state index in [0.29, 0.717) is 5.41 Å². The molecule has 0 unspecified atom stereocenters. The highest BCUT2D eigenvalue weighted by Crippen LogP contribution is 2.08. The highest BCUT2D eigenvalue weighted by molar-refractivity contribution is 7.80. The van der Waals surface area contributed by atoms with Crippen molar-refractivity contribution in [3.63, 3.8) is 0 Å². The largest absolute Gasteiger partial charge is 0.143 e. The Labute approximate surface area is 115 Å². The number of thiol groups is 1. The highest BCUT2D eigenvalue weighted by atomic mass is 32.1. The minimum Gasteiger partial charge on any atom is -0.143 e. The predicted octanol–water partition coefficient (Wildman–Crippen LogP) is 6.39. The first-order valence-corrected chi connectivity index (χ1v) is 6.99. The van der Waals surface area contributed by atoms with Crippen LogP contribution in [0.5, 0.6) is 0 Å². The van der Waals surface area contributed by atoms with Crippen LogP contribution in [-0.2, 0) is 0 Å².